The van der Waals surface area contributed by atoms with E-state index in [9.17, 15) is 0 Å². The van der Waals surface area contributed by atoms with Gasteiger partial charge < -0.3 is 14.8 Å². The highest BCUT2D eigenvalue weighted by Crippen LogP contribution is 2.16. The monoisotopic (exact) mass is 276 g/mol. The first-order valence-corrected chi connectivity index (χ1v) is 6.36. The van der Waals surface area contributed by atoms with Crippen molar-refractivity contribution < 1.29 is 9.47 Å². The Hall–Kier alpha value is -2.22. The largest absolute Gasteiger partial charge is 0.481 e. The summed E-state index contributed by atoms with van der Waals surface area (Å²) in [7, 11) is 1.57. The van der Waals surface area contributed by atoms with E-state index < -0.39 is 0 Å². The highest BCUT2D eigenvalue weighted by molar-refractivity contribution is 5.37. The van der Waals surface area contributed by atoms with Gasteiger partial charge in [0.25, 0.3) is 0 Å². The van der Waals surface area contributed by atoms with E-state index in [4.69, 9.17) is 9.47 Å². The minimum Gasteiger partial charge on any atom is -0.481 e. The molecule has 1 atom stereocenters. The maximum atomic E-state index is 5.78. The van der Waals surface area contributed by atoms with Crippen molar-refractivity contribution in [2.45, 2.75) is 26.2 Å². The van der Waals surface area contributed by atoms with Crippen molar-refractivity contribution in [1.82, 2.24) is 25.0 Å². The first-order chi connectivity index (χ1) is 9.76. The summed E-state index contributed by atoms with van der Waals surface area (Å²) in [5.74, 6) is 1.24. The molecule has 106 valence electrons. The summed E-state index contributed by atoms with van der Waals surface area (Å²) >= 11 is 0. The molecule has 8 nitrogen and oxygen atoms in total. The number of nitrogens with one attached hydrogen (secondary N) is 1. The summed E-state index contributed by atoms with van der Waals surface area (Å²) in [5.41, 5.74) is 1.97. The van der Waals surface area contributed by atoms with E-state index in [1.165, 1.54) is 6.33 Å². The highest BCUT2D eigenvalue weighted by Gasteiger charge is 2.22. The van der Waals surface area contributed by atoms with E-state index in [1.807, 2.05) is 11.6 Å². The Bertz CT molecular complexity index is 599. The Morgan fingerprint density at radius 2 is 2.40 bits per heavy atom. The number of nitrogens with zero attached hydrogens (tertiary/aromatic N) is 5. The first kappa shape index (κ1) is 12.8. The summed E-state index contributed by atoms with van der Waals surface area (Å²) < 4.78 is 12.7. The summed E-state index contributed by atoms with van der Waals surface area (Å²) in [6.07, 6.45) is 1.49. The lowest BCUT2D eigenvalue weighted by atomic mass is 10.2. The Labute approximate surface area is 116 Å². The molecular weight excluding hydrogens is 260 g/mol. The third-order valence-electron chi connectivity index (χ3n) is 3.23. The first-order valence-electron chi connectivity index (χ1n) is 6.36. The second kappa shape index (κ2) is 5.41. The van der Waals surface area contributed by atoms with Gasteiger partial charge in [0.2, 0.25) is 5.88 Å². The molecule has 1 aliphatic heterocycles. The number of methoxy groups -OCH3 is 1. The van der Waals surface area contributed by atoms with Crippen molar-refractivity contribution in [2.75, 3.05) is 19.0 Å². The van der Waals surface area contributed by atoms with Crippen LogP contribution in [0, 0.1) is 6.92 Å². The van der Waals surface area contributed by atoms with Gasteiger partial charge in [-0.1, -0.05) is 5.21 Å². The average molecular weight is 276 g/mol. The number of rotatable bonds is 4. The maximum absolute atomic E-state index is 5.78. The lowest BCUT2D eigenvalue weighted by molar-refractivity contribution is 0.00825. The second-order valence-electron chi connectivity index (χ2n) is 4.56. The lowest BCUT2D eigenvalue weighted by Crippen LogP contribution is -2.33. The standard InChI is InChI=1S/C12H16N6O2/c1-8-10-6-20-9(5-18(10)17-16-8)4-13-11-3-12(19-2)15-7-14-11/h3,7,9H,4-6H2,1-2H3,(H,13,14,15)/t9-/m0/s1. The Kier molecular flexibility index (Phi) is 3.46. The van der Waals surface area contributed by atoms with Crippen molar-refractivity contribution in [3.8, 4) is 5.88 Å². The maximum Gasteiger partial charge on any atom is 0.218 e. The number of aryl methyl sites for hydroxylation is 1. The van der Waals surface area contributed by atoms with Crippen LogP contribution < -0.4 is 10.1 Å². The molecule has 0 spiro atoms. The minimum atomic E-state index is 0.0320. The normalized spacial score (nSPS) is 17.6. The molecular formula is C12H16N6O2. The van der Waals surface area contributed by atoms with Crippen LogP contribution in [-0.2, 0) is 17.9 Å². The van der Waals surface area contributed by atoms with Gasteiger partial charge in [-0.05, 0) is 6.92 Å². The zero-order chi connectivity index (χ0) is 13.9. The smallest absolute Gasteiger partial charge is 0.218 e. The number of anilines is 1. The van der Waals surface area contributed by atoms with E-state index in [1.54, 1.807) is 13.2 Å². The van der Waals surface area contributed by atoms with Crippen molar-refractivity contribution in [1.29, 1.82) is 0 Å². The summed E-state index contributed by atoms with van der Waals surface area (Å²) in [5, 5.41) is 11.4. The number of ether oxygens (including phenoxy) is 2. The van der Waals surface area contributed by atoms with Crippen LogP contribution in [-0.4, -0.2) is 44.7 Å². The minimum absolute atomic E-state index is 0.0320. The molecule has 0 amide bonds. The van der Waals surface area contributed by atoms with Crippen LogP contribution in [0.3, 0.4) is 0 Å². The molecule has 3 rings (SSSR count). The molecule has 0 saturated heterocycles. The molecule has 0 aromatic carbocycles. The molecule has 0 radical (unpaired) electrons. The molecule has 0 unspecified atom stereocenters. The number of hydrogen-bond acceptors (Lipinski definition) is 7. The molecule has 3 heterocycles. The average Bonchev–Trinajstić information content (AvgIpc) is 2.86. The van der Waals surface area contributed by atoms with Gasteiger partial charge in [0.15, 0.2) is 0 Å². The van der Waals surface area contributed by atoms with Crippen LogP contribution in [0.25, 0.3) is 0 Å². The molecule has 2 aromatic rings. The Morgan fingerprint density at radius 3 is 3.25 bits per heavy atom. The van der Waals surface area contributed by atoms with E-state index in [0.29, 0.717) is 31.4 Å². The van der Waals surface area contributed by atoms with E-state index in [-0.39, 0.29) is 6.10 Å². The highest BCUT2D eigenvalue weighted by atomic mass is 16.5. The van der Waals surface area contributed by atoms with Crippen LogP contribution in [0.1, 0.15) is 11.4 Å². The summed E-state index contributed by atoms with van der Waals surface area (Å²) in [4.78, 5) is 8.09. The fraction of sp³-hybridized carbons (Fsp3) is 0.500. The lowest BCUT2D eigenvalue weighted by Gasteiger charge is -2.24. The van der Waals surface area contributed by atoms with Crippen LogP contribution in [0.15, 0.2) is 12.4 Å². The molecule has 20 heavy (non-hydrogen) atoms. The second-order valence-corrected chi connectivity index (χ2v) is 4.56. The van der Waals surface area contributed by atoms with Gasteiger partial charge in [0.1, 0.15) is 12.1 Å². The van der Waals surface area contributed by atoms with Gasteiger partial charge in [-0.2, -0.15) is 0 Å². The van der Waals surface area contributed by atoms with Crippen molar-refractivity contribution in [3.63, 3.8) is 0 Å². The zero-order valence-corrected chi connectivity index (χ0v) is 11.4. The molecule has 8 heteroatoms. The van der Waals surface area contributed by atoms with Crippen LogP contribution in [0.2, 0.25) is 0 Å². The van der Waals surface area contributed by atoms with Gasteiger partial charge in [0, 0.05) is 12.6 Å². The van der Waals surface area contributed by atoms with Crippen molar-refractivity contribution in [2.24, 2.45) is 0 Å². The zero-order valence-electron chi connectivity index (χ0n) is 11.4. The molecule has 0 saturated carbocycles. The Morgan fingerprint density at radius 1 is 1.50 bits per heavy atom. The Balaban J connectivity index is 1.59. The topological polar surface area (TPSA) is 87.0 Å². The summed E-state index contributed by atoms with van der Waals surface area (Å²) in [6, 6.07) is 1.74. The molecule has 2 aromatic heterocycles. The predicted molar refractivity (Wildman–Crippen MR) is 70.4 cm³/mol. The van der Waals surface area contributed by atoms with Gasteiger partial charge in [-0.25, -0.2) is 14.6 Å². The SMILES string of the molecule is COc1cc(NC[C@H]2Cn3nnc(C)c3CO2)ncn1. The number of hydrogen-bond donors (Lipinski definition) is 1. The fourth-order valence-corrected chi connectivity index (χ4v) is 2.08. The number of fused-ring (bicyclic) bond motifs is 1. The molecule has 1 aliphatic rings. The number of aromatic nitrogens is 5. The van der Waals surface area contributed by atoms with Crippen LogP contribution in [0.4, 0.5) is 5.82 Å². The fourth-order valence-electron chi connectivity index (χ4n) is 2.08. The van der Waals surface area contributed by atoms with Crippen LogP contribution >= 0.6 is 0 Å². The third kappa shape index (κ3) is 2.55. The van der Waals surface area contributed by atoms with Crippen LogP contribution in [0.5, 0.6) is 5.88 Å². The van der Waals surface area contributed by atoms with Gasteiger partial charge in [-0.3, -0.25) is 0 Å². The quantitative estimate of drug-likeness (QED) is 0.864. The predicted octanol–water partition coefficient (Wildman–Crippen LogP) is 0.396. The molecule has 0 bridgehead atoms. The van der Waals surface area contributed by atoms with E-state index >= 15 is 0 Å². The van der Waals surface area contributed by atoms with Gasteiger partial charge in [-0.15, -0.1) is 5.10 Å². The molecule has 0 fully saturated rings. The van der Waals surface area contributed by atoms with Crippen molar-refractivity contribution >= 4 is 5.82 Å². The third-order valence-corrected chi connectivity index (χ3v) is 3.23. The summed E-state index contributed by atoms with van der Waals surface area (Å²) in [6.45, 7) is 3.80. The van der Waals surface area contributed by atoms with Crippen molar-refractivity contribution in [3.05, 3.63) is 23.8 Å². The van der Waals surface area contributed by atoms with E-state index in [2.05, 4.69) is 25.6 Å². The molecule has 0 aliphatic carbocycles. The van der Waals surface area contributed by atoms with Gasteiger partial charge >= 0.3 is 0 Å². The molecule has 1 N–H and O–H groups in total. The van der Waals surface area contributed by atoms with Gasteiger partial charge in [0.05, 0.1) is 37.8 Å². The van der Waals surface area contributed by atoms with E-state index in [0.717, 1.165) is 11.4 Å².